The number of anilines is 1. The van der Waals surface area contributed by atoms with Crippen molar-refractivity contribution >= 4 is 17.3 Å². The third kappa shape index (κ3) is 3.78. The number of rotatable bonds is 5. The second kappa shape index (κ2) is 6.50. The van der Waals surface area contributed by atoms with E-state index in [-0.39, 0.29) is 11.4 Å². The Morgan fingerprint density at radius 2 is 2.26 bits per heavy atom. The highest BCUT2D eigenvalue weighted by Crippen LogP contribution is 2.26. The highest BCUT2D eigenvalue weighted by Gasteiger charge is 2.21. The predicted molar refractivity (Wildman–Crippen MR) is 70.5 cm³/mol. The number of nitro benzene ring substituents is 1. The average Bonchev–Trinajstić information content (AvgIpc) is 2.35. The Hall–Kier alpha value is -2.42. The van der Waals surface area contributed by atoms with Crippen LogP contribution in [-0.4, -0.2) is 10.8 Å². The van der Waals surface area contributed by atoms with Crippen LogP contribution in [0.1, 0.15) is 25.3 Å². The minimum absolute atomic E-state index is 0.131. The van der Waals surface area contributed by atoms with Gasteiger partial charge in [-0.25, -0.2) is 0 Å². The minimum Gasteiger partial charge on any atom is -0.319 e. The number of carbonyl (C=O) groups is 1. The zero-order valence-electron chi connectivity index (χ0n) is 10.8. The van der Waals surface area contributed by atoms with Gasteiger partial charge in [-0.1, -0.05) is 19.4 Å². The lowest BCUT2D eigenvalue weighted by atomic mass is 10.0. The summed E-state index contributed by atoms with van der Waals surface area (Å²) in [5, 5.41) is 22.2. The van der Waals surface area contributed by atoms with Crippen molar-refractivity contribution in [2.75, 3.05) is 5.32 Å². The molecule has 6 nitrogen and oxygen atoms in total. The van der Waals surface area contributed by atoms with Crippen LogP contribution in [0, 0.1) is 34.3 Å². The molecule has 0 radical (unpaired) electrons. The summed E-state index contributed by atoms with van der Waals surface area (Å²) >= 11 is 0. The van der Waals surface area contributed by atoms with Gasteiger partial charge in [-0.2, -0.15) is 5.26 Å². The fourth-order valence-corrected chi connectivity index (χ4v) is 1.67. The first-order valence-electron chi connectivity index (χ1n) is 5.95. The molecule has 0 aliphatic carbocycles. The number of hydrogen-bond acceptors (Lipinski definition) is 4. The normalized spacial score (nSPS) is 11.4. The molecule has 0 fully saturated rings. The van der Waals surface area contributed by atoms with Crippen molar-refractivity contribution in [2.24, 2.45) is 5.92 Å². The first-order chi connectivity index (χ1) is 8.99. The molecule has 100 valence electrons. The van der Waals surface area contributed by atoms with Crippen molar-refractivity contribution in [1.29, 1.82) is 5.26 Å². The molecule has 1 N–H and O–H groups in total. The molecule has 1 amide bonds. The highest BCUT2D eigenvalue weighted by atomic mass is 16.6. The number of nitrogens with zero attached hydrogens (tertiary/aromatic N) is 2. The van der Waals surface area contributed by atoms with E-state index < -0.39 is 16.7 Å². The maximum absolute atomic E-state index is 11.9. The largest absolute Gasteiger partial charge is 0.319 e. The van der Waals surface area contributed by atoms with Gasteiger partial charge in [0, 0.05) is 6.07 Å². The Labute approximate surface area is 111 Å². The van der Waals surface area contributed by atoms with Crippen molar-refractivity contribution in [1.82, 2.24) is 0 Å². The van der Waals surface area contributed by atoms with E-state index in [1.165, 1.54) is 12.1 Å². The van der Waals surface area contributed by atoms with E-state index in [1.807, 2.05) is 13.0 Å². The zero-order chi connectivity index (χ0) is 14.4. The Bertz CT molecular complexity index is 534. The zero-order valence-corrected chi connectivity index (χ0v) is 10.8. The summed E-state index contributed by atoms with van der Waals surface area (Å²) in [6.07, 6.45) is 1.13. The van der Waals surface area contributed by atoms with Crippen molar-refractivity contribution in [3.63, 3.8) is 0 Å². The summed E-state index contributed by atoms with van der Waals surface area (Å²) in [6, 6.07) is 6.37. The van der Waals surface area contributed by atoms with Gasteiger partial charge in [-0.05, 0) is 25.0 Å². The van der Waals surface area contributed by atoms with Crippen LogP contribution in [0.3, 0.4) is 0 Å². The average molecular weight is 261 g/mol. The SMILES string of the molecule is CCCC(C#N)C(=O)Nc1cc(C)ccc1[N+](=O)[O-]. The summed E-state index contributed by atoms with van der Waals surface area (Å²) in [4.78, 5) is 22.2. The third-order valence-electron chi connectivity index (χ3n) is 2.66. The summed E-state index contributed by atoms with van der Waals surface area (Å²) < 4.78 is 0. The Balaban J connectivity index is 2.98. The van der Waals surface area contributed by atoms with Crippen LogP contribution in [0.2, 0.25) is 0 Å². The number of hydrogen-bond donors (Lipinski definition) is 1. The maximum Gasteiger partial charge on any atom is 0.292 e. The van der Waals surface area contributed by atoms with Crippen LogP contribution >= 0.6 is 0 Å². The molecule has 19 heavy (non-hydrogen) atoms. The molecular weight excluding hydrogens is 246 g/mol. The molecular formula is C13H15N3O3. The second-order valence-corrected chi connectivity index (χ2v) is 4.24. The van der Waals surface area contributed by atoms with Crippen molar-refractivity contribution in [2.45, 2.75) is 26.7 Å². The summed E-state index contributed by atoms with van der Waals surface area (Å²) in [5.74, 6) is -1.29. The van der Waals surface area contributed by atoms with Crippen molar-refractivity contribution in [3.05, 3.63) is 33.9 Å². The molecule has 1 atom stereocenters. The highest BCUT2D eigenvalue weighted by molar-refractivity contribution is 5.96. The molecule has 1 aromatic rings. The lowest BCUT2D eigenvalue weighted by molar-refractivity contribution is -0.383. The molecule has 0 saturated carbocycles. The van der Waals surface area contributed by atoms with E-state index >= 15 is 0 Å². The Morgan fingerprint density at radius 1 is 1.58 bits per heavy atom. The van der Waals surface area contributed by atoms with E-state index in [9.17, 15) is 14.9 Å². The van der Waals surface area contributed by atoms with Crippen LogP contribution in [0.5, 0.6) is 0 Å². The van der Waals surface area contributed by atoms with Crippen LogP contribution in [0.4, 0.5) is 11.4 Å². The first kappa shape index (κ1) is 14.6. The standard InChI is InChI=1S/C13H15N3O3/c1-3-4-10(8-14)13(17)15-11-7-9(2)5-6-12(11)16(18)19/h5-7,10H,3-4H2,1-2H3,(H,15,17). The minimum atomic E-state index is -0.787. The number of nitriles is 1. The fraction of sp³-hybridized carbons (Fsp3) is 0.385. The summed E-state index contributed by atoms with van der Waals surface area (Å²) in [5.41, 5.74) is 0.753. The smallest absolute Gasteiger partial charge is 0.292 e. The molecule has 0 aliphatic heterocycles. The molecule has 0 aliphatic rings. The molecule has 1 aromatic carbocycles. The van der Waals surface area contributed by atoms with E-state index in [1.54, 1.807) is 13.0 Å². The topological polar surface area (TPSA) is 96.0 Å². The van der Waals surface area contributed by atoms with E-state index in [4.69, 9.17) is 5.26 Å². The monoisotopic (exact) mass is 261 g/mol. The molecule has 0 saturated heterocycles. The lowest BCUT2D eigenvalue weighted by Gasteiger charge is -2.10. The van der Waals surface area contributed by atoms with E-state index in [0.29, 0.717) is 12.8 Å². The van der Waals surface area contributed by atoms with Gasteiger partial charge in [0.2, 0.25) is 5.91 Å². The van der Waals surface area contributed by atoms with Gasteiger partial charge in [0.25, 0.3) is 5.69 Å². The molecule has 1 unspecified atom stereocenters. The van der Waals surface area contributed by atoms with Gasteiger partial charge in [0.15, 0.2) is 0 Å². The Morgan fingerprint density at radius 3 is 2.79 bits per heavy atom. The number of carbonyl (C=O) groups excluding carboxylic acids is 1. The van der Waals surface area contributed by atoms with Crippen LogP contribution in [0.15, 0.2) is 18.2 Å². The van der Waals surface area contributed by atoms with Gasteiger partial charge < -0.3 is 5.32 Å². The molecule has 1 rings (SSSR count). The van der Waals surface area contributed by atoms with Gasteiger partial charge in [-0.15, -0.1) is 0 Å². The lowest BCUT2D eigenvalue weighted by Crippen LogP contribution is -2.22. The number of benzene rings is 1. The van der Waals surface area contributed by atoms with E-state index in [2.05, 4.69) is 5.32 Å². The molecule has 0 bridgehead atoms. The molecule has 6 heteroatoms. The van der Waals surface area contributed by atoms with Crippen molar-refractivity contribution in [3.8, 4) is 6.07 Å². The van der Waals surface area contributed by atoms with Gasteiger partial charge >= 0.3 is 0 Å². The number of nitro groups is 1. The van der Waals surface area contributed by atoms with Gasteiger partial charge in [0.1, 0.15) is 11.6 Å². The summed E-state index contributed by atoms with van der Waals surface area (Å²) in [7, 11) is 0. The van der Waals surface area contributed by atoms with Crippen LogP contribution in [-0.2, 0) is 4.79 Å². The quantitative estimate of drug-likeness (QED) is 0.651. The van der Waals surface area contributed by atoms with Crippen molar-refractivity contribution < 1.29 is 9.72 Å². The number of nitrogens with one attached hydrogen (secondary N) is 1. The molecule has 0 spiro atoms. The summed E-state index contributed by atoms with van der Waals surface area (Å²) in [6.45, 7) is 3.64. The first-order valence-corrected chi connectivity index (χ1v) is 5.95. The van der Waals surface area contributed by atoms with Gasteiger partial charge in [0.05, 0.1) is 11.0 Å². The van der Waals surface area contributed by atoms with Gasteiger partial charge in [-0.3, -0.25) is 14.9 Å². The molecule has 0 heterocycles. The van der Waals surface area contributed by atoms with Crippen LogP contribution < -0.4 is 5.32 Å². The molecule has 0 aromatic heterocycles. The predicted octanol–water partition coefficient (Wildman–Crippen LogP) is 2.78. The second-order valence-electron chi connectivity index (χ2n) is 4.24. The van der Waals surface area contributed by atoms with Crippen LogP contribution in [0.25, 0.3) is 0 Å². The maximum atomic E-state index is 11.9. The fourth-order valence-electron chi connectivity index (χ4n) is 1.67. The van der Waals surface area contributed by atoms with E-state index in [0.717, 1.165) is 5.56 Å². The number of aryl methyl sites for hydroxylation is 1. The Kier molecular flexibility index (Phi) is 5.01. The third-order valence-corrected chi connectivity index (χ3v) is 2.66. The number of amides is 1.